The Labute approximate surface area is 232 Å². The van der Waals surface area contributed by atoms with Gasteiger partial charge in [0.25, 0.3) is 0 Å². The minimum atomic E-state index is -2.31. The molecule has 0 saturated heterocycles. The van der Waals surface area contributed by atoms with Crippen LogP contribution in [0.4, 0.5) is 0 Å². The summed E-state index contributed by atoms with van der Waals surface area (Å²) < 4.78 is 1.09. The number of likely N-dealkylation sites (N-methyl/N-ethyl adjacent to an activating group) is 1. The summed E-state index contributed by atoms with van der Waals surface area (Å²) in [6.07, 6.45) is 14.2. The van der Waals surface area contributed by atoms with E-state index in [9.17, 15) is 15.0 Å². The average molecular weight is 552 g/mol. The molecule has 0 fully saturated rings. The highest BCUT2D eigenvalue weighted by Crippen LogP contribution is 2.14. The zero-order valence-electron chi connectivity index (χ0n) is 24.6. The summed E-state index contributed by atoms with van der Waals surface area (Å²) in [7, 11) is 2.36. The Hall–Kier alpha value is -0.810. The fourth-order valence-corrected chi connectivity index (χ4v) is 4.49. The number of rotatable bonds is 25. The van der Waals surface area contributed by atoms with E-state index in [4.69, 9.17) is 25.5 Å². The molecule has 0 spiro atoms. The Morgan fingerprint density at radius 2 is 1.00 bits per heavy atom. The number of carboxylic acid groups (broad SMARTS) is 1. The molecule has 9 heteroatoms. The first kappa shape index (κ1) is 39.3. The number of carbonyl (C=O) groups is 1. The van der Waals surface area contributed by atoms with E-state index in [1.165, 1.54) is 116 Å². The second-order valence-electron chi connectivity index (χ2n) is 11.0. The second kappa shape index (κ2) is 26.4. The minimum Gasteiger partial charge on any atom is -0.547 e. The lowest BCUT2D eigenvalue weighted by molar-refractivity contribution is -0.910. The number of hydrogen-bond donors (Lipinski definition) is 6. The van der Waals surface area contributed by atoms with Crippen LogP contribution < -0.4 is 5.11 Å². The summed E-state index contributed by atoms with van der Waals surface area (Å²) >= 11 is 0. The van der Waals surface area contributed by atoms with Gasteiger partial charge >= 0.3 is 0 Å². The average Bonchev–Trinajstić information content (AvgIpc) is 2.90. The molecular weight excluding hydrogens is 490 g/mol. The predicted molar refractivity (Wildman–Crippen MR) is 149 cm³/mol. The number of carbonyl (C=O) groups excluding carboxylic acids is 1. The topological polar surface area (TPSA) is 162 Å². The van der Waals surface area contributed by atoms with E-state index in [1.807, 2.05) is 0 Å². The van der Waals surface area contributed by atoms with Crippen molar-refractivity contribution in [1.82, 2.24) is 0 Å². The van der Waals surface area contributed by atoms with Gasteiger partial charge in [0.1, 0.15) is 31.0 Å². The van der Waals surface area contributed by atoms with E-state index in [0.29, 0.717) is 6.61 Å². The van der Waals surface area contributed by atoms with Crippen molar-refractivity contribution in [3.8, 4) is 0 Å². The van der Waals surface area contributed by atoms with Crippen molar-refractivity contribution < 1.29 is 45.0 Å². The molecule has 0 saturated carbocycles. The SMILES string of the molecule is CCCCCCCCCC[N+](C)(CCO)CCCCCCCCCC.O=C([O-])[C@H](O)[C@@H](O)[C@H](O)[C@H](O)CO. The zero-order chi connectivity index (χ0) is 29.2. The number of carboxylic acids is 1. The summed E-state index contributed by atoms with van der Waals surface area (Å²) in [6.45, 7) is 7.49. The summed E-state index contributed by atoms with van der Waals surface area (Å²) in [5, 5.41) is 62.9. The highest BCUT2D eigenvalue weighted by molar-refractivity contribution is 5.70. The number of aliphatic hydroxyl groups excluding tert-OH is 6. The molecule has 9 nitrogen and oxygen atoms in total. The quantitative estimate of drug-likeness (QED) is 0.0740. The van der Waals surface area contributed by atoms with Crippen LogP contribution in [0.15, 0.2) is 0 Å². The molecule has 38 heavy (non-hydrogen) atoms. The number of nitrogens with zero attached hydrogens (tertiary/aromatic N) is 1. The highest BCUT2D eigenvalue weighted by atomic mass is 16.4. The largest absolute Gasteiger partial charge is 0.547 e. The van der Waals surface area contributed by atoms with Gasteiger partial charge in [0.05, 0.1) is 39.3 Å². The molecular formula is C29H61NO8. The maximum Gasteiger partial charge on any atom is 0.122 e. The third-order valence-corrected chi connectivity index (χ3v) is 7.24. The van der Waals surface area contributed by atoms with Crippen molar-refractivity contribution in [2.75, 3.05) is 39.9 Å². The van der Waals surface area contributed by atoms with Crippen molar-refractivity contribution in [2.45, 2.75) is 141 Å². The van der Waals surface area contributed by atoms with Crippen LogP contribution in [0, 0.1) is 0 Å². The Morgan fingerprint density at radius 3 is 1.32 bits per heavy atom. The van der Waals surface area contributed by atoms with Crippen LogP contribution in [-0.4, -0.2) is 105 Å². The second-order valence-corrected chi connectivity index (χ2v) is 11.0. The monoisotopic (exact) mass is 551 g/mol. The van der Waals surface area contributed by atoms with Crippen LogP contribution in [-0.2, 0) is 4.79 Å². The molecule has 0 unspecified atom stereocenters. The Morgan fingerprint density at radius 1 is 0.632 bits per heavy atom. The van der Waals surface area contributed by atoms with Crippen LogP contribution in [0.25, 0.3) is 0 Å². The number of aliphatic carboxylic acids is 1. The van der Waals surface area contributed by atoms with Crippen molar-refractivity contribution in [3.63, 3.8) is 0 Å². The van der Waals surface area contributed by atoms with E-state index in [0.717, 1.165) is 11.0 Å². The Kier molecular flexibility index (Phi) is 27.3. The van der Waals surface area contributed by atoms with Crippen LogP contribution in [0.3, 0.4) is 0 Å². The number of unbranched alkanes of at least 4 members (excludes halogenated alkanes) is 14. The molecule has 0 heterocycles. The summed E-state index contributed by atoms with van der Waals surface area (Å²) in [5.74, 6) is -1.98. The molecule has 0 aliphatic heterocycles. The van der Waals surface area contributed by atoms with E-state index >= 15 is 0 Å². The predicted octanol–water partition coefficient (Wildman–Crippen LogP) is 1.88. The Balaban J connectivity index is 0. The van der Waals surface area contributed by atoms with E-state index in [2.05, 4.69) is 20.9 Å². The van der Waals surface area contributed by atoms with Gasteiger partial charge in [-0.25, -0.2) is 0 Å². The summed E-state index contributed by atoms with van der Waals surface area (Å²) in [5.41, 5.74) is 0. The van der Waals surface area contributed by atoms with Gasteiger partial charge in [-0.05, 0) is 25.7 Å². The molecule has 4 atom stereocenters. The smallest absolute Gasteiger partial charge is 0.122 e. The van der Waals surface area contributed by atoms with Gasteiger partial charge < -0.3 is 45.0 Å². The molecule has 0 aromatic carbocycles. The fourth-order valence-electron chi connectivity index (χ4n) is 4.49. The maximum atomic E-state index is 9.98. The molecule has 0 rings (SSSR count). The molecule has 0 amide bonds. The third-order valence-electron chi connectivity index (χ3n) is 7.24. The normalized spacial score (nSPS) is 14.9. The third kappa shape index (κ3) is 22.1. The van der Waals surface area contributed by atoms with E-state index in [-0.39, 0.29) is 0 Å². The first-order chi connectivity index (χ1) is 18.1. The fraction of sp³-hybridized carbons (Fsp3) is 0.966. The standard InChI is InChI=1S/C23H50NO.C6H12O7/c1-4-6-8-10-12-14-16-18-20-24(3,22-23-25)21-19-17-15-13-11-9-7-5-2;7-1-2(8)3(9)4(10)5(11)6(12)13/h25H,4-23H2,1-3H3;2-5,7-11H,1H2,(H,12,13)/q+1;/p-1/t;2-,3-,4+,5-/m.1/s1. The van der Waals surface area contributed by atoms with Gasteiger partial charge in [0.2, 0.25) is 0 Å². The number of quaternary nitrogens is 1. The van der Waals surface area contributed by atoms with Crippen LogP contribution >= 0.6 is 0 Å². The zero-order valence-corrected chi connectivity index (χ0v) is 24.6. The van der Waals surface area contributed by atoms with E-state index in [1.54, 1.807) is 0 Å². The van der Waals surface area contributed by atoms with Gasteiger partial charge in [-0.2, -0.15) is 0 Å². The van der Waals surface area contributed by atoms with Gasteiger partial charge in [-0.3, -0.25) is 0 Å². The van der Waals surface area contributed by atoms with E-state index < -0.39 is 37.0 Å². The Bertz CT molecular complexity index is 503. The maximum absolute atomic E-state index is 9.98. The molecule has 0 aliphatic rings. The van der Waals surface area contributed by atoms with Crippen LogP contribution in [0.2, 0.25) is 0 Å². The molecule has 6 N–H and O–H groups in total. The molecule has 230 valence electrons. The lowest BCUT2D eigenvalue weighted by atomic mass is 10.0. The van der Waals surface area contributed by atoms with Crippen molar-refractivity contribution in [2.24, 2.45) is 0 Å². The van der Waals surface area contributed by atoms with Gasteiger partial charge in [-0.15, -0.1) is 0 Å². The minimum absolute atomic E-state index is 0.338. The van der Waals surface area contributed by atoms with Crippen molar-refractivity contribution in [3.05, 3.63) is 0 Å². The van der Waals surface area contributed by atoms with Crippen molar-refractivity contribution >= 4 is 5.97 Å². The summed E-state index contributed by atoms with van der Waals surface area (Å²) in [6, 6.07) is 0. The number of hydrogen-bond acceptors (Lipinski definition) is 8. The lowest BCUT2D eigenvalue weighted by Crippen LogP contribution is -2.52. The van der Waals surface area contributed by atoms with Crippen LogP contribution in [0.1, 0.15) is 117 Å². The molecule has 0 bridgehead atoms. The molecule has 0 aromatic rings. The van der Waals surface area contributed by atoms with Crippen molar-refractivity contribution in [1.29, 1.82) is 0 Å². The number of aliphatic hydroxyl groups is 6. The van der Waals surface area contributed by atoms with Gasteiger partial charge in [-0.1, -0.05) is 90.9 Å². The van der Waals surface area contributed by atoms with Gasteiger partial charge in [0, 0.05) is 0 Å². The molecule has 0 aromatic heterocycles. The van der Waals surface area contributed by atoms with Gasteiger partial charge in [0.15, 0.2) is 0 Å². The lowest BCUT2D eigenvalue weighted by Gasteiger charge is -2.34. The highest BCUT2D eigenvalue weighted by Gasteiger charge is 2.30. The first-order valence-corrected chi connectivity index (χ1v) is 15.1. The summed E-state index contributed by atoms with van der Waals surface area (Å²) in [4.78, 5) is 9.98. The van der Waals surface area contributed by atoms with Crippen LogP contribution in [0.5, 0.6) is 0 Å². The molecule has 0 aliphatic carbocycles. The first-order valence-electron chi connectivity index (χ1n) is 15.1. The molecule has 0 radical (unpaired) electrons.